The van der Waals surface area contributed by atoms with Crippen LogP contribution in [0.4, 0.5) is 38.0 Å². The minimum atomic E-state index is -4.73. The van der Waals surface area contributed by atoms with Crippen LogP contribution in [0.2, 0.25) is 0 Å². The van der Waals surface area contributed by atoms with Crippen LogP contribution in [-0.4, -0.2) is 126 Å². The van der Waals surface area contributed by atoms with E-state index in [0.29, 0.717) is 50.2 Å². The van der Waals surface area contributed by atoms with Crippen LogP contribution < -0.4 is 21.2 Å². The van der Waals surface area contributed by atoms with Gasteiger partial charge in [-0.25, -0.2) is 39.1 Å². The molecular weight excluding hydrogens is 1090 g/mol. The molecule has 0 radical (unpaired) electrons. The zero-order valence-corrected chi connectivity index (χ0v) is 46.9. The summed E-state index contributed by atoms with van der Waals surface area (Å²) in [4.78, 5) is 94.5. The molecule has 8 rings (SSSR count). The molecule has 2 aliphatic heterocycles. The molecule has 2 aliphatic rings. The van der Waals surface area contributed by atoms with Gasteiger partial charge in [0.15, 0.2) is 0 Å². The van der Waals surface area contributed by atoms with E-state index in [-0.39, 0.29) is 98.0 Å². The van der Waals surface area contributed by atoms with Gasteiger partial charge in [-0.3, -0.25) is 18.8 Å². The summed E-state index contributed by atoms with van der Waals surface area (Å²) >= 11 is 2.97. The second-order valence-electron chi connectivity index (χ2n) is 22.0. The lowest BCUT2D eigenvalue weighted by molar-refractivity contribution is -1.09. The molecule has 0 atom stereocenters. The molecule has 26 heteroatoms. The number of unbranched alkanes of at least 4 members (excludes halogenated alkanes) is 2. The standard InChI is InChI=1S/C54H64F6N12O6S2/c1-51(2,3)47-63-41(53(55,56)57)33-43(65-47)67-21-27-71(28-22-67,25-9-7-17-69-19-13-39(61-49(69)75)37-15-31-79-35-37)77-45(73)11-12-46(74)78-72(26-10-8-18-70-20-14-40(62-50(70)76)38-16-32-80-36-38)29-23-68(24-30-72)44-34-42(54(58,59)60)64-48(66-44)52(4,5)6/h11-16,19-20,31-36H,7-10,17-18,21-30H2,1-6H3/q+2/b12-11+. The number of piperazine rings is 2. The van der Waals surface area contributed by atoms with Gasteiger partial charge in [-0.1, -0.05) is 41.5 Å². The highest BCUT2D eigenvalue weighted by atomic mass is 32.1. The van der Waals surface area contributed by atoms with Gasteiger partial charge in [-0.05, 0) is 47.9 Å². The fraction of sp³-hybridized carbons (Fsp3) is 0.481. The van der Waals surface area contributed by atoms with Crippen molar-refractivity contribution >= 4 is 46.2 Å². The number of carbonyl (C=O) groups excluding carboxylic acids is 2. The molecule has 2 fully saturated rings. The Kier molecular flexibility index (Phi) is 17.8. The molecule has 80 heavy (non-hydrogen) atoms. The molecule has 0 saturated carbocycles. The monoisotopic (exact) mass is 1150 g/mol. The Morgan fingerprint density at radius 2 is 0.938 bits per heavy atom. The minimum Gasteiger partial charge on any atom is -0.345 e. The number of aromatic nitrogens is 8. The highest BCUT2D eigenvalue weighted by Crippen LogP contribution is 2.35. The van der Waals surface area contributed by atoms with Gasteiger partial charge in [0.1, 0.15) is 73.9 Å². The lowest BCUT2D eigenvalue weighted by atomic mass is 9.95. The molecule has 8 heterocycles. The Bertz CT molecular complexity index is 2990. The van der Waals surface area contributed by atoms with E-state index < -0.39 is 57.9 Å². The van der Waals surface area contributed by atoms with Gasteiger partial charge in [0.25, 0.3) is 0 Å². The number of nitrogens with zero attached hydrogens (tertiary/aromatic N) is 12. The molecule has 0 spiro atoms. The number of hydrogen-bond acceptors (Lipinski definition) is 16. The number of halogens is 6. The van der Waals surface area contributed by atoms with Gasteiger partial charge >= 0.3 is 35.7 Å². The lowest BCUT2D eigenvalue weighted by Crippen LogP contribution is -2.61. The van der Waals surface area contributed by atoms with Crippen LogP contribution in [0.25, 0.3) is 22.5 Å². The maximum atomic E-state index is 14.1. The quantitative estimate of drug-likeness (QED) is 0.0345. The van der Waals surface area contributed by atoms with Crippen molar-refractivity contribution in [2.24, 2.45) is 0 Å². The molecule has 0 N–H and O–H groups in total. The first-order chi connectivity index (χ1) is 37.7. The highest BCUT2D eigenvalue weighted by molar-refractivity contribution is 7.08. The third-order valence-corrected chi connectivity index (χ3v) is 15.2. The number of alkyl halides is 6. The van der Waals surface area contributed by atoms with E-state index in [0.717, 1.165) is 35.4 Å². The summed E-state index contributed by atoms with van der Waals surface area (Å²) in [5.41, 5.74) is -1.85. The van der Waals surface area contributed by atoms with Gasteiger partial charge < -0.3 is 9.80 Å². The summed E-state index contributed by atoms with van der Waals surface area (Å²) in [6.45, 7) is 12.5. The average molecular weight is 1160 g/mol. The van der Waals surface area contributed by atoms with Crippen LogP contribution in [0.5, 0.6) is 0 Å². The Balaban J connectivity index is 0.975. The van der Waals surface area contributed by atoms with E-state index in [2.05, 4.69) is 29.9 Å². The van der Waals surface area contributed by atoms with E-state index in [9.17, 15) is 45.5 Å². The first-order valence-electron chi connectivity index (χ1n) is 26.2. The van der Waals surface area contributed by atoms with Gasteiger partial charge in [0.05, 0.1) is 37.6 Å². The lowest BCUT2D eigenvalue weighted by Gasteiger charge is -2.42. The third-order valence-electron chi connectivity index (χ3n) is 13.8. The molecule has 2 saturated heterocycles. The van der Waals surface area contributed by atoms with E-state index in [1.54, 1.807) is 75.9 Å². The molecule has 0 bridgehead atoms. The Labute approximate surface area is 466 Å². The molecule has 0 aromatic carbocycles. The second-order valence-corrected chi connectivity index (χ2v) is 23.5. The van der Waals surface area contributed by atoms with Crippen LogP contribution in [-0.2, 0) is 55.5 Å². The number of aryl methyl sites for hydroxylation is 2. The van der Waals surface area contributed by atoms with Crippen LogP contribution in [0, 0.1) is 0 Å². The summed E-state index contributed by atoms with van der Waals surface area (Å²) in [7, 11) is 0. The van der Waals surface area contributed by atoms with Crippen molar-refractivity contribution in [1.82, 2.24) is 39.0 Å². The normalized spacial score (nSPS) is 16.1. The van der Waals surface area contributed by atoms with E-state index in [1.807, 2.05) is 33.7 Å². The van der Waals surface area contributed by atoms with Crippen LogP contribution in [0.1, 0.15) is 90.3 Å². The average Bonchev–Trinajstić information content (AvgIpc) is 4.17. The van der Waals surface area contributed by atoms with Gasteiger partial charge in [0, 0.05) is 95.3 Å². The van der Waals surface area contributed by atoms with Crippen molar-refractivity contribution in [2.75, 3.05) is 75.2 Å². The largest absolute Gasteiger partial charge is 0.433 e. The van der Waals surface area contributed by atoms with E-state index in [1.165, 1.54) is 31.8 Å². The summed E-state index contributed by atoms with van der Waals surface area (Å²) < 4.78 is 87.2. The molecular formula is C54H64F6N12O6S2+2. The molecule has 0 amide bonds. The predicted molar refractivity (Wildman–Crippen MR) is 289 cm³/mol. The molecule has 0 unspecified atom stereocenters. The number of hydroxylamine groups is 6. The molecule has 6 aromatic rings. The number of quaternary nitrogens is 2. The van der Waals surface area contributed by atoms with E-state index in [4.69, 9.17) is 9.68 Å². The zero-order chi connectivity index (χ0) is 57.7. The third kappa shape index (κ3) is 15.1. The highest BCUT2D eigenvalue weighted by Gasteiger charge is 2.42. The summed E-state index contributed by atoms with van der Waals surface area (Å²) in [6.07, 6.45) is -2.38. The molecule has 18 nitrogen and oxygen atoms in total. The Morgan fingerprint density at radius 3 is 1.25 bits per heavy atom. The Hall–Kier alpha value is -6.90. The van der Waals surface area contributed by atoms with Gasteiger partial charge in [-0.2, -0.15) is 59.0 Å². The topological polar surface area (TPSA) is 180 Å². The summed E-state index contributed by atoms with van der Waals surface area (Å²) in [5.74, 6) is -1.60. The van der Waals surface area contributed by atoms with Gasteiger partial charge in [-0.15, -0.1) is 9.29 Å². The first kappa shape index (κ1) is 59.2. The SMILES string of the molecule is CC(C)(C)c1nc(N2CC[N+](CCCCn3ccc(-c4ccsc4)nc3=O)(OC(=O)/C=C/C(=O)O[N+]3(CCCCn4ccc(-c5ccsc5)nc4=O)CCN(c4cc(C(F)(F)F)nc(C(C)(C)C)n4)CC3)CC2)cc(C(F)(F)F)n1. The number of thiophene rings is 2. The fourth-order valence-electron chi connectivity index (χ4n) is 9.28. The van der Waals surface area contributed by atoms with Crippen molar-refractivity contribution in [3.8, 4) is 22.5 Å². The van der Waals surface area contributed by atoms with Crippen LogP contribution in [0.3, 0.4) is 0 Å². The molecule has 6 aromatic heterocycles. The first-order valence-corrected chi connectivity index (χ1v) is 28.1. The van der Waals surface area contributed by atoms with Crippen LogP contribution >= 0.6 is 22.7 Å². The second kappa shape index (κ2) is 24.1. The van der Waals surface area contributed by atoms with E-state index >= 15 is 0 Å². The number of rotatable bonds is 18. The Morgan fingerprint density at radius 1 is 0.562 bits per heavy atom. The smallest absolute Gasteiger partial charge is 0.345 e. The van der Waals surface area contributed by atoms with Crippen molar-refractivity contribution < 1.29 is 54.9 Å². The fourth-order valence-corrected chi connectivity index (χ4v) is 10.6. The maximum absolute atomic E-state index is 14.1. The molecule has 0 aliphatic carbocycles. The van der Waals surface area contributed by atoms with Gasteiger partial charge in [0.2, 0.25) is 0 Å². The number of carbonyl (C=O) groups is 2. The molecule has 428 valence electrons. The number of anilines is 2. The minimum absolute atomic E-state index is 0.0151. The van der Waals surface area contributed by atoms with Crippen molar-refractivity contribution in [3.05, 3.63) is 126 Å². The predicted octanol–water partition coefficient (Wildman–Crippen LogP) is 8.88. The summed E-state index contributed by atoms with van der Waals surface area (Å²) in [6, 6.07) is 9.08. The van der Waals surface area contributed by atoms with Crippen molar-refractivity contribution in [2.45, 2.75) is 103 Å². The van der Waals surface area contributed by atoms with Crippen molar-refractivity contribution in [1.29, 1.82) is 0 Å². The number of hydrogen-bond donors (Lipinski definition) is 0. The van der Waals surface area contributed by atoms with Crippen LogP contribution in [0.15, 0.2) is 92.1 Å². The van der Waals surface area contributed by atoms with Crippen molar-refractivity contribution in [3.63, 3.8) is 0 Å². The maximum Gasteiger partial charge on any atom is 0.433 e. The summed E-state index contributed by atoms with van der Waals surface area (Å²) in [5, 5.41) is 7.57. The zero-order valence-electron chi connectivity index (χ0n) is 45.3.